The van der Waals surface area contributed by atoms with Gasteiger partial charge in [-0.3, -0.25) is 10.1 Å². The molecular weight excluding hydrogens is 112 g/mol. The van der Waals surface area contributed by atoms with Gasteiger partial charge in [0, 0.05) is 4.91 Å². The molecule has 0 atom stereocenters. The lowest BCUT2D eigenvalue weighted by molar-refractivity contribution is -0.402. The molecule has 0 aliphatic rings. The molecule has 6 heteroatoms. The van der Waals surface area contributed by atoms with Crippen molar-refractivity contribution in [2.75, 3.05) is 0 Å². The molecule has 0 aliphatic carbocycles. The Kier molecular flexibility index (Phi) is 2.93. The van der Waals surface area contributed by atoms with Crippen molar-refractivity contribution in [1.29, 1.82) is 0 Å². The van der Waals surface area contributed by atoms with Crippen molar-refractivity contribution in [3.8, 4) is 0 Å². The first-order valence-electron chi connectivity index (χ1n) is 1.61. The molecule has 0 heterocycles. The number of nitro groups is 1. The van der Waals surface area contributed by atoms with Crippen LogP contribution in [0.4, 0.5) is 0 Å². The summed E-state index contributed by atoms with van der Waals surface area (Å²) in [7, 11) is 0. The first kappa shape index (κ1) is 6.45. The minimum Gasteiger partial charge on any atom is -0.259 e. The van der Waals surface area contributed by atoms with E-state index < -0.39 is 4.92 Å². The van der Waals surface area contributed by atoms with Gasteiger partial charge in [-0.25, -0.2) is 0 Å². The average molecular weight is 114 g/mol. The van der Waals surface area contributed by atoms with E-state index in [4.69, 9.17) is 5.53 Å². The Morgan fingerprint density at radius 3 is 2.88 bits per heavy atom. The zero-order valence-corrected chi connectivity index (χ0v) is 3.76. The summed E-state index contributed by atoms with van der Waals surface area (Å²) in [5, 5.41) is 12.2. The highest BCUT2D eigenvalue weighted by Gasteiger charge is 1.77. The van der Waals surface area contributed by atoms with Gasteiger partial charge >= 0.3 is 0 Å². The minimum atomic E-state index is -0.714. The molecule has 0 unspecified atom stereocenters. The first-order chi connectivity index (χ1) is 3.77. The molecule has 0 saturated carbocycles. The third kappa shape index (κ3) is 4.45. The molecule has 0 aromatic rings. The molecule has 0 amide bonds. The van der Waals surface area contributed by atoms with Crippen LogP contribution in [0, 0.1) is 10.1 Å². The van der Waals surface area contributed by atoms with Crippen molar-refractivity contribution in [1.82, 2.24) is 0 Å². The van der Waals surface area contributed by atoms with Crippen molar-refractivity contribution < 1.29 is 4.92 Å². The van der Waals surface area contributed by atoms with E-state index in [1.807, 2.05) is 0 Å². The maximum Gasteiger partial charge on any atom is 0.236 e. The van der Waals surface area contributed by atoms with Crippen LogP contribution in [-0.4, -0.2) is 4.92 Å². The molecule has 0 saturated heterocycles. The molecule has 0 N–H and O–H groups in total. The smallest absolute Gasteiger partial charge is 0.236 e. The molecular formula is C2H2N4O2. The van der Waals surface area contributed by atoms with Gasteiger partial charge in [-0.05, 0) is 5.53 Å². The van der Waals surface area contributed by atoms with Crippen LogP contribution in [0.1, 0.15) is 0 Å². The highest BCUT2D eigenvalue weighted by atomic mass is 16.6. The minimum absolute atomic E-state index is 0.555. The molecule has 6 nitrogen and oxygen atoms in total. The number of hydrogen-bond acceptors (Lipinski definition) is 3. The second-order valence-electron chi connectivity index (χ2n) is 0.788. The van der Waals surface area contributed by atoms with Crippen molar-refractivity contribution in [3.05, 3.63) is 33.0 Å². The van der Waals surface area contributed by atoms with Crippen molar-refractivity contribution in [3.63, 3.8) is 0 Å². The monoisotopic (exact) mass is 114 g/mol. The summed E-state index contributed by atoms with van der Waals surface area (Å²) in [4.78, 5) is 10.9. The molecule has 42 valence electrons. The van der Waals surface area contributed by atoms with Crippen LogP contribution >= 0.6 is 0 Å². The summed E-state index contributed by atoms with van der Waals surface area (Å²) < 4.78 is 0. The number of rotatable bonds is 2. The first-order valence-corrected chi connectivity index (χ1v) is 1.61. The van der Waals surface area contributed by atoms with E-state index >= 15 is 0 Å². The summed E-state index contributed by atoms with van der Waals surface area (Å²) >= 11 is 0. The van der Waals surface area contributed by atoms with Crippen LogP contribution in [0.2, 0.25) is 0 Å². The van der Waals surface area contributed by atoms with E-state index in [-0.39, 0.29) is 0 Å². The fourth-order valence-electron chi connectivity index (χ4n) is 0.114. The Balaban J connectivity index is 3.67. The van der Waals surface area contributed by atoms with Crippen LogP contribution in [-0.2, 0) is 0 Å². The third-order valence-corrected chi connectivity index (χ3v) is 0.307. The summed E-state index contributed by atoms with van der Waals surface area (Å²) in [6.45, 7) is 0. The van der Waals surface area contributed by atoms with E-state index in [2.05, 4.69) is 10.0 Å². The van der Waals surface area contributed by atoms with Crippen LogP contribution in [0.15, 0.2) is 17.5 Å². The lowest BCUT2D eigenvalue weighted by Gasteiger charge is -1.69. The zero-order chi connectivity index (χ0) is 6.41. The predicted molar refractivity (Wildman–Crippen MR) is 25.3 cm³/mol. The Morgan fingerprint density at radius 1 is 1.88 bits per heavy atom. The van der Waals surface area contributed by atoms with Gasteiger partial charge in [0.1, 0.15) is 0 Å². The van der Waals surface area contributed by atoms with Crippen LogP contribution in [0.3, 0.4) is 0 Å². The van der Waals surface area contributed by atoms with Gasteiger partial charge in [-0.1, -0.05) is 5.11 Å². The van der Waals surface area contributed by atoms with Gasteiger partial charge in [0.15, 0.2) is 0 Å². The van der Waals surface area contributed by atoms with Crippen LogP contribution in [0.5, 0.6) is 0 Å². The molecule has 0 spiro atoms. The Bertz CT molecular complexity index is 151. The Labute approximate surface area is 44.2 Å². The van der Waals surface area contributed by atoms with Gasteiger partial charge < -0.3 is 0 Å². The maximum absolute atomic E-state index is 9.41. The second kappa shape index (κ2) is 3.63. The van der Waals surface area contributed by atoms with Crippen LogP contribution < -0.4 is 0 Å². The highest BCUT2D eigenvalue weighted by Crippen LogP contribution is 1.74. The normalized spacial score (nSPS) is 8.50. The van der Waals surface area contributed by atoms with Crippen molar-refractivity contribution >= 4 is 0 Å². The van der Waals surface area contributed by atoms with Crippen molar-refractivity contribution in [2.24, 2.45) is 5.11 Å². The molecule has 0 aromatic heterocycles. The number of hydrogen-bond donors (Lipinski definition) is 0. The zero-order valence-electron chi connectivity index (χ0n) is 3.76. The fourth-order valence-corrected chi connectivity index (χ4v) is 0.114. The van der Waals surface area contributed by atoms with Gasteiger partial charge in [-0.2, -0.15) is 0 Å². The van der Waals surface area contributed by atoms with Gasteiger partial charge in [0.25, 0.3) is 0 Å². The quantitative estimate of drug-likeness (QED) is 0.176. The molecule has 8 heavy (non-hydrogen) atoms. The van der Waals surface area contributed by atoms with Gasteiger partial charge in [0.05, 0.1) is 11.1 Å². The summed E-state index contributed by atoms with van der Waals surface area (Å²) in [6.07, 6.45) is 1.32. The largest absolute Gasteiger partial charge is 0.259 e. The molecule has 0 fully saturated rings. The Hall–Kier alpha value is -1.55. The number of azide groups is 1. The van der Waals surface area contributed by atoms with Crippen LogP contribution in [0.25, 0.3) is 10.4 Å². The van der Waals surface area contributed by atoms with E-state index in [0.717, 1.165) is 6.20 Å². The maximum atomic E-state index is 9.41. The summed E-state index contributed by atoms with van der Waals surface area (Å²) in [6, 6.07) is 0. The molecule has 0 radical (unpaired) electrons. The molecule has 0 aliphatic heterocycles. The topological polar surface area (TPSA) is 91.9 Å². The highest BCUT2D eigenvalue weighted by molar-refractivity contribution is 4.68. The molecule has 0 rings (SSSR count). The molecule has 0 bridgehead atoms. The van der Waals surface area contributed by atoms with Gasteiger partial charge in [-0.15, -0.1) is 0 Å². The second-order valence-corrected chi connectivity index (χ2v) is 0.788. The Morgan fingerprint density at radius 2 is 2.50 bits per heavy atom. The SMILES string of the molecule is [N-]=[N+]=NC=C[N+](=O)[O-]. The van der Waals surface area contributed by atoms with E-state index in [0.29, 0.717) is 6.20 Å². The van der Waals surface area contributed by atoms with E-state index in [9.17, 15) is 10.1 Å². The number of nitrogens with zero attached hydrogens (tertiary/aromatic N) is 4. The third-order valence-electron chi connectivity index (χ3n) is 0.307. The van der Waals surface area contributed by atoms with E-state index in [1.54, 1.807) is 0 Å². The average Bonchev–Trinajstić information content (AvgIpc) is 1.66. The molecule has 0 aromatic carbocycles. The summed E-state index contributed by atoms with van der Waals surface area (Å²) in [5.74, 6) is 0. The van der Waals surface area contributed by atoms with E-state index in [1.165, 1.54) is 0 Å². The fraction of sp³-hybridized carbons (Fsp3) is 0. The van der Waals surface area contributed by atoms with Gasteiger partial charge in [0.2, 0.25) is 6.20 Å². The predicted octanol–water partition coefficient (Wildman–Crippen LogP) is 1.04. The summed E-state index contributed by atoms with van der Waals surface area (Å²) in [5.41, 5.74) is 7.56. The lowest BCUT2D eigenvalue weighted by atomic mass is 10.9. The van der Waals surface area contributed by atoms with Crippen molar-refractivity contribution in [2.45, 2.75) is 0 Å². The lowest BCUT2D eigenvalue weighted by Crippen LogP contribution is -1.79. The standard InChI is InChI=1S/C2H2N4O2/c3-5-4-1-2-6(7)8/h1-2H.